The number of hydrogen-bond donors (Lipinski definition) is 1. The second-order valence-electron chi connectivity index (χ2n) is 5.73. The van der Waals surface area contributed by atoms with Gasteiger partial charge in [0.25, 0.3) is 5.91 Å². The van der Waals surface area contributed by atoms with Crippen LogP contribution >= 0.6 is 11.6 Å². The van der Waals surface area contributed by atoms with E-state index in [4.69, 9.17) is 16.1 Å². The van der Waals surface area contributed by atoms with E-state index in [9.17, 15) is 4.79 Å². The number of anilines is 1. The monoisotopic (exact) mass is 344 g/mol. The van der Waals surface area contributed by atoms with Crippen LogP contribution in [-0.2, 0) is 6.54 Å². The number of halogens is 1. The molecule has 3 rings (SSSR count). The number of rotatable bonds is 5. The maximum Gasteiger partial charge on any atom is 0.295 e. The molecule has 0 spiro atoms. The Hall–Kier alpha value is -2.60. The first-order valence-corrected chi connectivity index (χ1v) is 7.95. The molecule has 24 heavy (non-hydrogen) atoms. The van der Waals surface area contributed by atoms with Crippen molar-refractivity contribution in [2.24, 2.45) is 0 Å². The average molecular weight is 345 g/mol. The summed E-state index contributed by atoms with van der Waals surface area (Å²) in [6, 6.07) is 10.9. The van der Waals surface area contributed by atoms with Crippen LogP contribution in [0, 0.1) is 0 Å². The summed E-state index contributed by atoms with van der Waals surface area (Å²) in [5.74, 6) is 0.586. The van der Waals surface area contributed by atoms with Crippen LogP contribution in [0.1, 0.15) is 41.6 Å². The van der Waals surface area contributed by atoms with Gasteiger partial charge in [-0.3, -0.25) is 4.79 Å². The molecule has 0 saturated carbocycles. The van der Waals surface area contributed by atoms with Crippen molar-refractivity contribution >= 4 is 23.3 Å². The molecule has 2 aromatic heterocycles. The van der Waals surface area contributed by atoms with Crippen LogP contribution < -0.4 is 5.32 Å². The first-order valence-electron chi connectivity index (χ1n) is 7.57. The highest BCUT2D eigenvalue weighted by molar-refractivity contribution is 6.30. The van der Waals surface area contributed by atoms with E-state index in [0.29, 0.717) is 17.4 Å². The van der Waals surface area contributed by atoms with E-state index in [1.54, 1.807) is 23.0 Å². The Morgan fingerprint density at radius 3 is 2.88 bits per heavy atom. The zero-order valence-corrected chi connectivity index (χ0v) is 14.1. The van der Waals surface area contributed by atoms with Gasteiger partial charge >= 0.3 is 0 Å². The molecule has 124 valence electrons. The number of nitrogens with zero attached hydrogens (tertiary/aromatic N) is 3. The van der Waals surface area contributed by atoms with Crippen molar-refractivity contribution in [3.8, 4) is 0 Å². The molecule has 1 amide bonds. The summed E-state index contributed by atoms with van der Waals surface area (Å²) < 4.78 is 6.79. The van der Waals surface area contributed by atoms with Crippen molar-refractivity contribution in [2.45, 2.75) is 26.3 Å². The van der Waals surface area contributed by atoms with Crippen molar-refractivity contribution in [3.05, 3.63) is 64.6 Å². The SMILES string of the molecule is CC(C)c1cc(C(=O)Nc2ccnn2Cc2cccc(Cl)c2)on1. The predicted molar refractivity (Wildman–Crippen MR) is 91.3 cm³/mol. The lowest BCUT2D eigenvalue weighted by Crippen LogP contribution is -2.15. The summed E-state index contributed by atoms with van der Waals surface area (Å²) in [7, 11) is 0. The highest BCUT2D eigenvalue weighted by Gasteiger charge is 2.16. The molecule has 0 aliphatic rings. The molecule has 0 bridgehead atoms. The smallest absolute Gasteiger partial charge is 0.295 e. The summed E-state index contributed by atoms with van der Waals surface area (Å²) in [5.41, 5.74) is 1.73. The molecule has 0 aliphatic carbocycles. The molecule has 6 nitrogen and oxygen atoms in total. The van der Waals surface area contributed by atoms with Crippen LogP contribution in [0.2, 0.25) is 5.02 Å². The zero-order valence-electron chi connectivity index (χ0n) is 13.4. The molecule has 3 aromatic rings. The van der Waals surface area contributed by atoms with Gasteiger partial charge in [0.15, 0.2) is 0 Å². The lowest BCUT2D eigenvalue weighted by molar-refractivity contribution is 0.0986. The van der Waals surface area contributed by atoms with Crippen LogP contribution in [0.3, 0.4) is 0 Å². The lowest BCUT2D eigenvalue weighted by Gasteiger charge is -2.08. The van der Waals surface area contributed by atoms with E-state index in [-0.39, 0.29) is 17.6 Å². The summed E-state index contributed by atoms with van der Waals surface area (Å²) in [6.45, 7) is 4.47. The number of hydrogen-bond acceptors (Lipinski definition) is 4. The first kappa shape index (κ1) is 16.3. The topological polar surface area (TPSA) is 73.0 Å². The van der Waals surface area contributed by atoms with Crippen molar-refractivity contribution in [2.75, 3.05) is 5.32 Å². The van der Waals surface area contributed by atoms with Crippen LogP contribution in [0.25, 0.3) is 0 Å². The van der Waals surface area contributed by atoms with Crippen molar-refractivity contribution in [3.63, 3.8) is 0 Å². The van der Waals surface area contributed by atoms with E-state index >= 15 is 0 Å². The predicted octanol–water partition coefficient (Wildman–Crippen LogP) is 3.95. The molecule has 0 radical (unpaired) electrons. The Labute approximate surface area is 144 Å². The van der Waals surface area contributed by atoms with Gasteiger partial charge in [0, 0.05) is 17.2 Å². The maximum absolute atomic E-state index is 12.3. The molecule has 1 aromatic carbocycles. The van der Waals surface area contributed by atoms with Gasteiger partial charge < -0.3 is 9.84 Å². The van der Waals surface area contributed by atoms with E-state index in [0.717, 1.165) is 11.3 Å². The molecular weight excluding hydrogens is 328 g/mol. The van der Waals surface area contributed by atoms with Crippen molar-refractivity contribution < 1.29 is 9.32 Å². The molecule has 0 unspecified atom stereocenters. The van der Waals surface area contributed by atoms with Gasteiger partial charge in [-0.15, -0.1) is 0 Å². The summed E-state index contributed by atoms with van der Waals surface area (Å²) in [4.78, 5) is 12.3. The van der Waals surface area contributed by atoms with E-state index in [1.807, 2.05) is 38.1 Å². The highest BCUT2D eigenvalue weighted by Crippen LogP contribution is 2.17. The second kappa shape index (κ2) is 6.88. The molecule has 0 aliphatic heterocycles. The number of benzene rings is 1. The fourth-order valence-electron chi connectivity index (χ4n) is 2.22. The third-order valence-corrected chi connectivity index (χ3v) is 3.76. The fraction of sp³-hybridized carbons (Fsp3) is 0.235. The Bertz CT molecular complexity index is 854. The van der Waals surface area contributed by atoms with Gasteiger partial charge in [0.1, 0.15) is 5.82 Å². The molecule has 7 heteroatoms. The summed E-state index contributed by atoms with van der Waals surface area (Å²) in [6.07, 6.45) is 1.63. The number of carbonyl (C=O) groups is 1. The van der Waals surface area contributed by atoms with Crippen LogP contribution in [0.5, 0.6) is 0 Å². The highest BCUT2D eigenvalue weighted by atomic mass is 35.5. The van der Waals surface area contributed by atoms with Crippen LogP contribution in [-0.4, -0.2) is 20.8 Å². The molecule has 2 heterocycles. The Kier molecular flexibility index (Phi) is 4.66. The number of aromatic nitrogens is 3. The summed E-state index contributed by atoms with van der Waals surface area (Å²) >= 11 is 6.00. The minimum absolute atomic E-state index is 0.175. The third-order valence-electron chi connectivity index (χ3n) is 3.52. The van der Waals surface area contributed by atoms with Gasteiger partial charge in [0.05, 0.1) is 18.4 Å². The standard InChI is InChI=1S/C17H17ClN4O2/c1-11(2)14-9-15(24-21-14)17(23)20-16-6-7-19-22(16)10-12-4-3-5-13(18)8-12/h3-9,11H,10H2,1-2H3,(H,20,23). The fourth-order valence-corrected chi connectivity index (χ4v) is 2.43. The molecule has 0 fully saturated rings. The first-order chi connectivity index (χ1) is 11.5. The Morgan fingerprint density at radius 1 is 1.33 bits per heavy atom. The van der Waals surface area contributed by atoms with Gasteiger partial charge in [0.2, 0.25) is 5.76 Å². The Balaban J connectivity index is 1.74. The van der Waals surface area contributed by atoms with Crippen molar-refractivity contribution in [1.29, 1.82) is 0 Å². The van der Waals surface area contributed by atoms with E-state index in [1.165, 1.54) is 0 Å². The van der Waals surface area contributed by atoms with Crippen molar-refractivity contribution in [1.82, 2.24) is 14.9 Å². The summed E-state index contributed by atoms with van der Waals surface area (Å²) in [5, 5.41) is 11.6. The van der Waals surface area contributed by atoms with Gasteiger partial charge in [-0.05, 0) is 23.6 Å². The molecular formula is C17H17ClN4O2. The average Bonchev–Trinajstić information content (AvgIpc) is 3.17. The minimum atomic E-state index is -0.359. The molecule has 1 N–H and O–H groups in total. The quantitative estimate of drug-likeness (QED) is 0.760. The lowest BCUT2D eigenvalue weighted by atomic mass is 10.1. The van der Waals surface area contributed by atoms with Gasteiger partial charge in [-0.2, -0.15) is 5.10 Å². The van der Waals surface area contributed by atoms with E-state index < -0.39 is 0 Å². The van der Waals surface area contributed by atoms with Crippen LogP contribution in [0.4, 0.5) is 5.82 Å². The van der Waals surface area contributed by atoms with Gasteiger partial charge in [-0.1, -0.05) is 42.7 Å². The molecule has 0 atom stereocenters. The normalized spacial score (nSPS) is 11.0. The number of carbonyl (C=O) groups excluding carboxylic acids is 1. The Morgan fingerprint density at radius 2 is 2.17 bits per heavy atom. The maximum atomic E-state index is 12.3. The zero-order chi connectivity index (χ0) is 17.1. The minimum Gasteiger partial charge on any atom is -0.351 e. The largest absolute Gasteiger partial charge is 0.351 e. The molecule has 0 saturated heterocycles. The number of nitrogens with one attached hydrogen (secondary N) is 1. The van der Waals surface area contributed by atoms with E-state index in [2.05, 4.69) is 15.6 Å². The van der Waals surface area contributed by atoms with Gasteiger partial charge in [-0.25, -0.2) is 4.68 Å². The number of amides is 1. The van der Waals surface area contributed by atoms with Crippen LogP contribution in [0.15, 0.2) is 47.1 Å². The second-order valence-corrected chi connectivity index (χ2v) is 6.17. The third kappa shape index (κ3) is 3.65.